The maximum atomic E-state index is 10.9. The predicted molar refractivity (Wildman–Crippen MR) is 63.6 cm³/mol. The van der Waals surface area contributed by atoms with Crippen LogP contribution in [0.2, 0.25) is 0 Å². The Morgan fingerprint density at radius 2 is 2.25 bits per heavy atom. The summed E-state index contributed by atoms with van der Waals surface area (Å²) in [5.41, 5.74) is 0.802. The van der Waals surface area contributed by atoms with E-state index in [0.717, 1.165) is 37.7 Å². The molecule has 0 bridgehead atoms. The van der Waals surface area contributed by atoms with Gasteiger partial charge in [-0.1, -0.05) is 0 Å². The van der Waals surface area contributed by atoms with Crippen molar-refractivity contribution < 1.29 is 4.79 Å². The molecule has 0 spiro atoms. The Morgan fingerprint density at radius 3 is 2.94 bits per heavy atom. The maximum Gasteiger partial charge on any atom is 0.221 e. The van der Waals surface area contributed by atoms with E-state index in [9.17, 15) is 4.79 Å². The van der Waals surface area contributed by atoms with E-state index in [1.807, 2.05) is 6.07 Å². The summed E-state index contributed by atoms with van der Waals surface area (Å²) in [6.07, 6.45) is 1.72. The van der Waals surface area contributed by atoms with Crippen molar-refractivity contribution in [2.45, 2.75) is 6.92 Å². The molecule has 1 aliphatic heterocycles. The van der Waals surface area contributed by atoms with Crippen LogP contribution in [0.15, 0.2) is 18.3 Å². The second-order valence-corrected chi connectivity index (χ2v) is 3.82. The van der Waals surface area contributed by atoms with Crippen molar-refractivity contribution in [1.29, 1.82) is 0 Å². The maximum absolute atomic E-state index is 10.9. The number of aromatic nitrogens is 1. The van der Waals surface area contributed by atoms with Crippen LogP contribution in [-0.4, -0.2) is 37.1 Å². The van der Waals surface area contributed by atoms with Crippen molar-refractivity contribution in [2.75, 3.05) is 36.4 Å². The fraction of sp³-hybridized carbons (Fsp3) is 0.455. The minimum atomic E-state index is -0.0579. The third kappa shape index (κ3) is 2.70. The van der Waals surface area contributed by atoms with Gasteiger partial charge in [0.2, 0.25) is 5.91 Å². The summed E-state index contributed by atoms with van der Waals surface area (Å²) in [5.74, 6) is 0.866. The average Bonchev–Trinajstić information content (AvgIpc) is 2.30. The Labute approximate surface area is 94.9 Å². The minimum Gasteiger partial charge on any atom is -0.354 e. The highest BCUT2D eigenvalue weighted by atomic mass is 16.1. The number of carbonyl (C=O) groups is 1. The Kier molecular flexibility index (Phi) is 3.36. The number of pyridine rings is 1. The Balaban J connectivity index is 2.11. The number of amides is 1. The summed E-state index contributed by atoms with van der Waals surface area (Å²) < 4.78 is 0. The summed E-state index contributed by atoms with van der Waals surface area (Å²) in [6.45, 7) is 5.37. The van der Waals surface area contributed by atoms with Crippen LogP contribution in [0.3, 0.4) is 0 Å². The summed E-state index contributed by atoms with van der Waals surface area (Å²) in [4.78, 5) is 17.5. The second kappa shape index (κ2) is 4.94. The van der Waals surface area contributed by atoms with E-state index in [4.69, 9.17) is 0 Å². The van der Waals surface area contributed by atoms with Crippen molar-refractivity contribution in [3.63, 3.8) is 0 Å². The van der Waals surface area contributed by atoms with Crippen LogP contribution in [0, 0.1) is 0 Å². The molecule has 0 aliphatic carbocycles. The molecule has 1 aromatic rings. The number of nitrogens with zero attached hydrogens (tertiary/aromatic N) is 2. The second-order valence-electron chi connectivity index (χ2n) is 3.82. The first kappa shape index (κ1) is 10.9. The first-order chi connectivity index (χ1) is 7.75. The van der Waals surface area contributed by atoms with Gasteiger partial charge in [-0.05, 0) is 6.07 Å². The van der Waals surface area contributed by atoms with Gasteiger partial charge in [0.1, 0.15) is 5.82 Å². The molecule has 0 aromatic carbocycles. The molecule has 1 amide bonds. The molecule has 2 heterocycles. The summed E-state index contributed by atoms with van der Waals surface area (Å²) in [7, 11) is 0. The highest BCUT2D eigenvalue weighted by Crippen LogP contribution is 2.16. The molecule has 2 N–H and O–H groups in total. The van der Waals surface area contributed by atoms with Gasteiger partial charge in [0.25, 0.3) is 0 Å². The van der Waals surface area contributed by atoms with E-state index in [1.54, 1.807) is 12.3 Å². The number of hydrogen-bond acceptors (Lipinski definition) is 4. The van der Waals surface area contributed by atoms with E-state index in [1.165, 1.54) is 6.92 Å². The molecule has 0 saturated carbocycles. The Hall–Kier alpha value is -1.62. The third-order valence-electron chi connectivity index (χ3n) is 2.51. The molecule has 0 unspecified atom stereocenters. The first-order valence-corrected chi connectivity index (χ1v) is 5.45. The summed E-state index contributed by atoms with van der Waals surface area (Å²) in [6, 6.07) is 3.71. The molecular formula is C11H16N4O. The fourth-order valence-electron chi connectivity index (χ4n) is 1.77. The highest BCUT2D eigenvalue weighted by molar-refractivity contribution is 5.88. The van der Waals surface area contributed by atoms with Crippen molar-refractivity contribution >= 4 is 17.4 Å². The normalized spacial score (nSPS) is 15.9. The molecule has 86 valence electrons. The van der Waals surface area contributed by atoms with Crippen LogP contribution in [0.5, 0.6) is 0 Å². The van der Waals surface area contributed by atoms with Crippen LogP contribution in [0.4, 0.5) is 11.5 Å². The zero-order valence-electron chi connectivity index (χ0n) is 9.36. The van der Waals surface area contributed by atoms with Crippen LogP contribution < -0.4 is 15.5 Å². The SMILES string of the molecule is CC(=O)Nc1ccnc(N2CCNCC2)c1. The zero-order chi connectivity index (χ0) is 11.4. The zero-order valence-corrected chi connectivity index (χ0v) is 9.36. The van der Waals surface area contributed by atoms with Gasteiger partial charge < -0.3 is 15.5 Å². The first-order valence-electron chi connectivity index (χ1n) is 5.45. The molecule has 5 nitrogen and oxygen atoms in total. The number of nitrogens with one attached hydrogen (secondary N) is 2. The number of anilines is 2. The van der Waals surface area contributed by atoms with Gasteiger partial charge in [-0.3, -0.25) is 4.79 Å². The monoisotopic (exact) mass is 220 g/mol. The van der Waals surface area contributed by atoms with Crippen LogP contribution in [0.1, 0.15) is 6.92 Å². The lowest BCUT2D eigenvalue weighted by molar-refractivity contribution is -0.114. The van der Waals surface area contributed by atoms with Gasteiger partial charge in [0.15, 0.2) is 0 Å². The van der Waals surface area contributed by atoms with Crippen molar-refractivity contribution in [3.8, 4) is 0 Å². The van der Waals surface area contributed by atoms with Crippen LogP contribution in [-0.2, 0) is 4.79 Å². The number of piperazine rings is 1. The lowest BCUT2D eigenvalue weighted by Gasteiger charge is -2.28. The van der Waals surface area contributed by atoms with Crippen molar-refractivity contribution in [3.05, 3.63) is 18.3 Å². The predicted octanol–water partition coefficient (Wildman–Crippen LogP) is 0.450. The van der Waals surface area contributed by atoms with Crippen molar-refractivity contribution in [2.24, 2.45) is 0 Å². The molecule has 1 aromatic heterocycles. The lowest BCUT2D eigenvalue weighted by atomic mass is 10.3. The van der Waals surface area contributed by atoms with Crippen LogP contribution in [0.25, 0.3) is 0 Å². The molecule has 0 atom stereocenters. The average molecular weight is 220 g/mol. The molecule has 5 heteroatoms. The van der Waals surface area contributed by atoms with E-state index >= 15 is 0 Å². The number of rotatable bonds is 2. The molecule has 1 fully saturated rings. The molecule has 0 radical (unpaired) electrons. The van der Waals surface area contributed by atoms with Gasteiger partial charge >= 0.3 is 0 Å². The van der Waals surface area contributed by atoms with Gasteiger partial charge in [-0.25, -0.2) is 4.98 Å². The van der Waals surface area contributed by atoms with Gasteiger partial charge in [-0.15, -0.1) is 0 Å². The molecule has 1 aliphatic rings. The Morgan fingerprint density at radius 1 is 1.50 bits per heavy atom. The summed E-state index contributed by atoms with van der Waals surface area (Å²) >= 11 is 0. The van der Waals surface area contributed by atoms with E-state index in [0.29, 0.717) is 0 Å². The molecule has 2 rings (SSSR count). The van der Waals surface area contributed by atoms with E-state index in [-0.39, 0.29) is 5.91 Å². The number of carbonyl (C=O) groups excluding carboxylic acids is 1. The van der Waals surface area contributed by atoms with Gasteiger partial charge in [0, 0.05) is 51.1 Å². The summed E-state index contributed by atoms with van der Waals surface area (Å²) in [5, 5.41) is 6.06. The van der Waals surface area contributed by atoms with E-state index in [2.05, 4.69) is 20.5 Å². The van der Waals surface area contributed by atoms with Crippen molar-refractivity contribution in [1.82, 2.24) is 10.3 Å². The standard InChI is InChI=1S/C11H16N4O/c1-9(16)14-10-2-3-13-11(8-10)15-6-4-12-5-7-15/h2-3,8,12H,4-7H2,1H3,(H,13,14,16). The van der Waals surface area contributed by atoms with Gasteiger partial charge in [-0.2, -0.15) is 0 Å². The smallest absolute Gasteiger partial charge is 0.221 e. The largest absolute Gasteiger partial charge is 0.354 e. The van der Waals surface area contributed by atoms with Crippen LogP contribution >= 0.6 is 0 Å². The Bertz CT molecular complexity index is 374. The quantitative estimate of drug-likeness (QED) is 0.759. The lowest BCUT2D eigenvalue weighted by Crippen LogP contribution is -2.43. The molecule has 16 heavy (non-hydrogen) atoms. The minimum absolute atomic E-state index is 0.0579. The third-order valence-corrected chi connectivity index (χ3v) is 2.51. The number of hydrogen-bond donors (Lipinski definition) is 2. The highest BCUT2D eigenvalue weighted by Gasteiger charge is 2.11. The topological polar surface area (TPSA) is 57.3 Å². The van der Waals surface area contributed by atoms with E-state index < -0.39 is 0 Å². The molecule has 1 saturated heterocycles. The van der Waals surface area contributed by atoms with Gasteiger partial charge in [0.05, 0.1) is 0 Å². The fourth-order valence-corrected chi connectivity index (χ4v) is 1.77. The molecular weight excluding hydrogens is 204 g/mol.